The fourth-order valence-corrected chi connectivity index (χ4v) is 0.304. The van der Waals surface area contributed by atoms with Gasteiger partial charge in [0.1, 0.15) is 0 Å². The fraction of sp³-hybridized carbons (Fsp3) is 0.733. The summed E-state index contributed by atoms with van der Waals surface area (Å²) in [5.41, 5.74) is 1.89. The topological polar surface area (TPSA) is 140 Å². The number of methoxy groups -OCH3 is 1. The Hall–Kier alpha value is -2.16. The van der Waals surface area contributed by atoms with Gasteiger partial charge in [-0.25, -0.2) is 15.7 Å². The number of H-pyrrole nitrogens is 1. The summed E-state index contributed by atoms with van der Waals surface area (Å²) in [6.07, 6.45) is 0. The van der Waals surface area contributed by atoms with E-state index in [9.17, 15) is 14.4 Å². The highest BCUT2D eigenvalue weighted by molar-refractivity contribution is 5.71. The number of nitrogens with two attached hydrogens (primary N) is 1. The molecule has 1 heterocycles. The van der Waals surface area contributed by atoms with Crippen LogP contribution in [0, 0.1) is 6.92 Å². The summed E-state index contributed by atoms with van der Waals surface area (Å²) in [7, 11) is 1.35. The molecule has 1 aromatic heterocycles. The number of carbonyl (C=O) groups is 2. The van der Waals surface area contributed by atoms with Gasteiger partial charge < -0.3 is 9.15 Å². The van der Waals surface area contributed by atoms with Crippen molar-refractivity contribution in [1.82, 2.24) is 15.6 Å². The third-order valence-corrected chi connectivity index (χ3v) is 1.04. The van der Waals surface area contributed by atoms with Crippen LogP contribution in [0.25, 0.3) is 0 Å². The van der Waals surface area contributed by atoms with Crippen molar-refractivity contribution in [1.29, 1.82) is 0 Å². The normalized spacial score (nSPS) is 6.29. The first-order valence-electron chi connectivity index (χ1n) is 7.37. The van der Waals surface area contributed by atoms with E-state index in [0.717, 1.165) is 0 Å². The number of hydrogen-bond acceptors (Lipinski definition) is 7. The zero-order valence-electron chi connectivity index (χ0n) is 16.1. The molecule has 0 spiro atoms. The van der Waals surface area contributed by atoms with Crippen LogP contribution < -0.4 is 17.0 Å². The van der Waals surface area contributed by atoms with Crippen molar-refractivity contribution in [3.8, 4) is 0 Å². The number of hydrogen-bond donors (Lipinski definition) is 3. The van der Waals surface area contributed by atoms with Crippen molar-refractivity contribution in [2.45, 2.75) is 69.7 Å². The summed E-state index contributed by atoms with van der Waals surface area (Å²) in [4.78, 5) is 29.2. The third-order valence-electron chi connectivity index (χ3n) is 1.04. The molecule has 1 amide bonds. The number of aryl methyl sites for hydroxylation is 1. The van der Waals surface area contributed by atoms with Gasteiger partial charge in [-0.1, -0.05) is 49.0 Å². The molecule has 0 unspecified atom stereocenters. The maximum Gasteiger partial charge on any atom is 0.434 e. The molecule has 0 aliphatic heterocycles. The molecule has 1 aromatic rings. The van der Waals surface area contributed by atoms with Gasteiger partial charge in [0.05, 0.1) is 7.11 Å². The van der Waals surface area contributed by atoms with Crippen molar-refractivity contribution in [2.75, 3.05) is 7.11 Å². The lowest BCUT2D eigenvalue weighted by atomic mass is 10.8. The van der Waals surface area contributed by atoms with Crippen molar-refractivity contribution < 1.29 is 18.7 Å². The summed E-state index contributed by atoms with van der Waals surface area (Å²) >= 11 is 0. The van der Waals surface area contributed by atoms with Crippen molar-refractivity contribution in [3.05, 3.63) is 16.4 Å². The number of esters is 1. The van der Waals surface area contributed by atoms with Gasteiger partial charge in [0.2, 0.25) is 11.8 Å². The Balaban J connectivity index is -0.0000000436. The van der Waals surface area contributed by atoms with E-state index < -0.39 is 5.76 Å². The monoisotopic (exact) mass is 354 g/mol. The highest BCUT2D eigenvalue weighted by atomic mass is 16.5. The standard InChI is InChI=1S/C3H4N2O2.C3H6O2.C2H6N2O.3C2H6.CH4/c1-2-4-5-3(6)7-2;1-3(4)5-2;1-2(5)4-3;3*1-2;/h1H3,(H,5,6);1-2H3;3H2,1H3,(H,4,5);3*1-2H3;1H4. The molecule has 9 heteroatoms. The van der Waals surface area contributed by atoms with Gasteiger partial charge in [-0.05, 0) is 0 Å². The number of nitrogens with zero attached hydrogens (tertiary/aromatic N) is 1. The summed E-state index contributed by atoms with van der Waals surface area (Å²) in [5.74, 6) is 3.97. The number of aromatic amines is 1. The highest BCUT2D eigenvalue weighted by Gasteiger charge is 1.86. The van der Waals surface area contributed by atoms with Crippen LogP contribution in [0.2, 0.25) is 0 Å². The van der Waals surface area contributed by atoms with E-state index in [-0.39, 0.29) is 19.3 Å². The van der Waals surface area contributed by atoms with Crippen LogP contribution in [0.1, 0.15) is 68.7 Å². The largest absolute Gasteiger partial charge is 0.469 e. The molecule has 0 fully saturated rings. The maximum absolute atomic E-state index is 10.0. The highest BCUT2D eigenvalue weighted by Crippen LogP contribution is 1.76. The quantitative estimate of drug-likeness (QED) is 0.281. The first kappa shape index (κ1) is 37.8. The van der Waals surface area contributed by atoms with Crippen LogP contribution in [-0.2, 0) is 14.3 Å². The molecule has 9 nitrogen and oxygen atoms in total. The minimum atomic E-state index is -0.502. The van der Waals surface area contributed by atoms with E-state index in [1.807, 2.05) is 47.0 Å². The molecule has 0 bridgehead atoms. The number of hydrazine groups is 1. The lowest BCUT2D eigenvalue weighted by molar-refractivity contribution is -0.137. The third kappa shape index (κ3) is 59.9. The second-order valence-corrected chi connectivity index (χ2v) is 2.53. The van der Waals surface area contributed by atoms with Crippen molar-refractivity contribution in [3.63, 3.8) is 0 Å². The fourth-order valence-electron chi connectivity index (χ4n) is 0.304. The number of nitrogens with one attached hydrogen (secondary N) is 2. The van der Waals surface area contributed by atoms with Gasteiger partial charge in [-0.3, -0.25) is 15.0 Å². The molecular formula is C15H38N4O5. The number of amides is 1. The Labute approximate surface area is 146 Å². The van der Waals surface area contributed by atoms with Crippen LogP contribution in [0.3, 0.4) is 0 Å². The molecule has 0 aromatic carbocycles. The van der Waals surface area contributed by atoms with Crippen LogP contribution in [0.4, 0.5) is 0 Å². The van der Waals surface area contributed by atoms with Gasteiger partial charge in [-0.15, -0.1) is 5.10 Å². The number of ether oxygens (including phenoxy) is 1. The smallest absolute Gasteiger partial charge is 0.434 e. The first-order chi connectivity index (χ1) is 10.8. The Morgan fingerprint density at radius 3 is 1.46 bits per heavy atom. The molecular weight excluding hydrogens is 316 g/mol. The van der Waals surface area contributed by atoms with E-state index in [2.05, 4.69) is 25.2 Å². The predicted octanol–water partition coefficient (Wildman–Crippen LogP) is 2.56. The van der Waals surface area contributed by atoms with Gasteiger partial charge in [-0.2, -0.15) is 0 Å². The van der Waals surface area contributed by atoms with Crippen molar-refractivity contribution >= 4 is 11.9 Å². The lowest BCUT2D eigenvalue weighted by Gasteiger charge is -1.80. The van der Waals surface area contributed by atoms with E-state index in [1.165, 1.54) is 21.0 Å². The number of rotatable bonds is 0. The van der Waals surface area contributed by atoms with Crippen molar-refractivity contribution in [2.24, 2.45) is 5.84 Å². The summed E-state index contributed by atoms with van der Waals surface area (Å²) in [6, 6.07) is 0. The molecule has 0 aliphatic carbocycles. The van der Waals surface area contributed by atoms with Gasteiger partial charge in [0, 0.05) is 20.8 Å². The molecule has 4 N–H and O–H groups in total. The van der Waals surface area contributed by atoms with Crippen LogP contribution in [0.15, 0.2) is 9.21 Å². The average Bonchev–Trinajstić information content (AvgIpc) is 2.97. The first-order valence-corrected chi connectivity index (χ1v) is 7.37. The van der Waals surface area contributed by atoms with E-state index in [4.69, 9.17) is 0 Å². The maximum atomic E-state index is 10.0. The van der Waals surface area contributed by atoms with Gasteiger partial charge in [0.15, 0.2) is 0 Å². The number of carbonyl (C=O) groups excluding carboxylic acids is 2. The zero-order valence-corrected chi connectivity index (χ0v) is 16.1. The minimum Gasteiger partial charge on any atom is -0.469 e. The molecule has 24 heavy (non-hydrogen) atoms. The predicted molar refractivity (Wildman–Crippen MR) is 98.3 cm³/mol. The van der Waals surface area contributed by atoms with E-state index >= 15 is 0 Å². The minimum absolute atomic E-state index is 0. The summed E-state index contributed by atoms with van der Waals surface area (Å²) in [6.45, 7) is 16.3. The average molecular weight is 354 g/mol. The zero-order chi connectivity index (χ0) is 19.8. The number of aromatic nitrogens is 2. The molecule has 0 radical (unpaired) electrons. The molecule has 1 rings (SSSR count). The molecule has 0 saturated carbocycles. The van der Waals surface area contributed by atoms with Gasteiger partial charge in [0.25, 0.3) is 0 Å². The molecule has 0 saturated heterocycles. The van der Waals surface area contributed by atoms with Gasteiger partial charge >= 0.3 is 11.7 Å². The Morgan fingerprint density at radius 1 is 1.12 bits per heavy atom. The Morgan fingerprint density at radius 2 is 1.42 bits per heavy atom. The van der Waals surface area contributed by atoms with Crippen LogP contribution in [-0.4, -0.2) is 29.2 Å². The van der Waals surface area contributed by atoms with Crippen LogP contribution in [0.5, 0.6) is 0 Å². The molecule has 0 atom stereocenters. The molecule has 148 valence electrons. The Kier molecular flexibility index (Phi) is 58.7. The summed E-state index contributed by atoms with van der Waals surface area (Å²) < 4.78 is 8.47. The van der Waals surface area contributed by atoms with E-state index in [1.54, 1.807) is 6.92 Å². The second kappa shape index (κ2) is 37.2. The van der Waals surface area contributed by atoms with E-state index in [0.29, 0.717) is 5.89 Å². The molecule has 0 aliphatic rings. The second-order valence-electron chi connectivity index (χ2n) is 2.53. The SMILES string of the molecule is C.CC.CC.CC.CC(=O)NN.COC(C)=O.Cc1n[nH]c(=O)o1. The lowest BCUT2D eigenvalue weighted by Crippen LogP contribution is -2.26. The Bertz CT molecular complexity index is 375. The van der Waals surface area contributed by atoms with Crippen LogP contribution >= 0.6 is 0 Å². The summed E-state index contributed by atoms with van der Waals surface area (Å²) in [5, 5.41) is 5.51.